The molecule has 0 radical (unpaired) electrons. The topological polar surface area (TPSA) is 127 Å². The molecular formula is C16H20N6O2. The Morgan fingerprint density at radius 3 is 1.79 bits per heavy atom. The van der Waals surface area contributed by atoms with E-state index in [2.05, 4.69) is 30.6 Å². The summed E-state index contributed by atoms with van der Waals surface area (Å²) in [5.74, 6) is 0. The Hall–Kier alpha value is -3.26. The molecule has 0 unspecified atom stereocenters. The Morgan fingerprint density at radius 2 is 1.46 bits per heavy atom. The SMILES string of the molecule is Cc1ccncc1NC(=O)Nc1cnccc1C.O.c1c[nH]cn1. The Kier molecular flexibility index (Phi) is 7.59. The van der Waals surface area contributed by atoms with Crippen LogP contribution in [0.1, 0.15) is 11.1 Å². The number of anilines is 2. The fourth-order valence-electron chi connectivity index (χ4n) is 1.68. The quantitative estimate of drug-likeness (QED) is 0.667. The van der Waals surface area contributed by atoms with E-state index < -0.39 is 0 Å². The van der Waals surface area contributed by atoms with E-state index in [9.17, 15) is 4.79 Å². The molecule has 2 amide bonds. The van der Waals surface area contributed by atoms with Crippen LogP contribution in [0.2, 0.25) is 0 Å². The van der Waals surface area contributed by atoms with Gasteiger partial charge in [0.05, 0.1) is 30.1 Å². The largest absolute Gasteiger partial charge is 0.412 e. The summed E-state index contributed by atoms with van der Waals surface area (Å²) < 4.78 is 0. The van der Waals surface area contributed by atoms with Crippen molar-refractivity contribution in [3.05, 3.63) is 66.8 Å². The molecule has 24 heavy (non-hydrogen) atoms. The molecule has 0 atom stereocenters. The Bertz CT molecular complexity index is 679. The lowest BCUT2D eigenvalue weighted by molar-refractivity contribution is 0.262. The van der Waals surface area contributed by atoms with Crippen LogP contribution < -0.4 is 10.6 Å². The van der Waals surface area contributed by atoms with Crippen molar-refractivity contribution in [3.8, 4) is 0 Å². The first-order chi connectivity index (χ1) is 11.2. The predicted octanol–water partition coefficient (Wildman–Crippen LogP) is 2.32. The van der Waals surface area contributed by atoms with E-state index in [0.29, 0.717) is 11.4 Å². The van der Waals surface area contributed by atoms with Crippen LogP contribution in [-0.2, 0) is 0 Å². The second-order valence-corrected chi connectivity index (χ2v) is 4.72. The second-order valence-electron chi connectivity index (χ2n) is 4.72. The number of aromatic amines is 1. The van der Waals surface area contributed by atoms with E-state index in [-0.39, 0.29) is 11.5 Å². The van der Waals surface area contributed by atoms with Crippen molar-refractivity contribution < 1.29 is 10.3 Å². The number of pyridine rings is 2. The fourth-order valence-corrected chi connectivity index (χ4v) is 1.68. The monoisotopic (exact) mass is 328 g/mol. The first-order valence-electron chi connectivity index (χ1n) is 6.99. The molecule has 3 rings (SSSR count). The van der Waals surface area contributed by atoms with Crippen LogP contribution in [-0.4, -0.2) is 31.4 Å². The van der Waals surface area contributed by atoms with Crippen LogP contribution in [0.5, 0.6) is 0 Å². The van der Waals surface area contributed by atoms with Crippen molar-refractivity contribution in [2.75, 3.05) is 10.6 Å². The third-order valence-electron chi connectivity index (χ3n) is 2.98. The maximum atomic E-state index is 11.8. The first-order valence-corrected chi connectivity index (χ1v) is 6.99. The molecule has 0 bridgehead atoms. The van der Waals surface area contributed by atoms with Crippen LogP contribution in [0.15, 0.2) is 55.6 Å². The van der Waals surface area contributed by atoms with Gasteiger partial charge in [-0.25, -0.2) is 9.78 Å². The van der Waals surface area contributed by atoms with E-state index in [1.54, 1.807) is 43.5 Å². The smallest absolute Gasteiger partial charge is 0.323 e. The zero-order valence-corrected chi connectivity index (χ0v) is 13.4. The van der Waals surface area contributed by atoms with Gasteiger partial charge in [-0.1, -0.05) is 0 Å². The number of aromatic nitrogens is 4. The van der Waals surface area contributed by atoms with Gasteiger partial charge in [0.25, 0.3) is 0 Å². The van der Waals surface area contributed by atoms with E-state index in [1.165, 1.54) is 0 Å². The third kappa shape index (κ3) is 5.85. The van der Waals surface area contributed by atoms with Gasteiger partial charge in [-0.15, -0.1) is 0 Å². The number of H-pyrrole nitrogens is 1. The van der Waals surface area contributed by atoms with Gasteiger partial charge in [0.15, 0.2) is 0 Å². The van der Waals surface area contributed by atoms with Gasteiger partial charge in [-0.3, -0.25) is 9.97 Å². The number of carbonyl (C=O) groups is 1. The van der Waals surface area contributed by atoms with Crippen molar-refractivity contribution in [3.63, 3.8) is 0 Å². The highest BCUT2D eigenvalue weighted by Crippen LogP contribution is 2.14. The predicted molar refractivity (Wildman–Crippen MR) is 92.8 cm³/mol. The van der Waals surface area contributed by atoms with Crippen molar-refractivity contribution in [1.29, 1.82) is 0 Å². The molecule has 0 aliphatic rings. The highest BCUT2D eigenvalue weighted by molar-refractivity contribution is 6.00. The summed E-state index contributed by atoms with van der Waals surface area (Å²) >= 11 is 0. The summed E-state index contributed by atoms with van der Waals surface area (Å²) in [6, 6.07) is 3.37. The minimum absolute atomic E-state index is 0. The van der Waals surface area contributed by atoms with Crippen LogP contribution in [0, 0.1) is 13.8 Å². The van der Waals surface area contributed by atoms with Gasteiger partial charge >= 0.3 is 6.03 Å². The van der Waals surface area contributed by atoms with Gasteiger partial charge in [-0.05, 0) is 37.1 Å². The first kappa shape index (κ1) is 18.8. The summed E-state index contributed by atoms with van der Waals surface area (Å²) in [4.78, 5) is 26.2. The summed E-state index contributed by atoms with van der Waals surface area (Å²) in [6.45, 7) is 3.82. The summed E-state index contributed by atoms with van der Waals surface area (Å²) in [6.07, 6.45) is 11.7. The molecule has 0 spiro atoms. The van der Waals surface area contributed by atoms with Crippen LogP contribution in [0.25, 0.3) is 0 Å². The average molecular weight is 328 g/mol. The highest BCUT2D eigenvalue weighted by Gasteiger charge is 2.06. The molecule has 0 aromatic carbocycles. The number of hydrogen-bond donors (Lipinski definition) is 3. The fraction of sp³-hybridized carbons (Fsp3) is 0.125. The third-order valence-corrected chi connectivity index (χ3v) is 2.98. The lowest BCUT2D eigenvalue weighted by Crippen LogP contribution is -2.20. The average Bonchev–Trinajstić information content (AvgIpc) is 3.12. The lowest BCUT2D eigenvalue weighted by Gasteiger charge is -2.10. The summed E-state index contributed by atoms with van der Waals surface area (Å²) in [7, 11) is 0. The Labute approximate surface area is 139 Å². The van der Waals surface area contributed by atoms with Gasteiger partial charge < -0.3 is 21.1 Å². The number of urea groups is 1. The van der Waals surface area contributed by atoms with Gasteiger partial charge in [0, 0.05) is 24.8 Å². The molecule has 0 saturated heterocycles. The molecule has 5 N–H and O–H groups in total. The number of aryl methyl sites for hydroxylation is 2. The molecule has 3 aromatic rings. The zero-order valence-electron chi connectivity index (χ0n) is 13.4. The Morgan fingerprint density at radius 1 is 0.917 bits per heavy atom. The molecule has 8 nitrogen and oxygen atoms in total. The van der Waals surface area contributed by atoms with Crippen molar-refractivity contribution in [2.45, 2.75) is 13.8 Å². The summed E-state index contributed by atoms with van der Waals surface area (Å²) in [5.41, 5.74) is 3.30. The van der Waals surface area contributed by atoms with E-state index in [1.807, 2.05) is 26.0 Å². The van der Waals surface area contributed by atoms with E-state index in [0.717, 1.165) is 11.1 Å². The van der Waals surface area contributed by atoms with Crippen LogP contribution >= 0.6 is 0 Å². The van der Waals surface area contributed by atoms with Crippen LogP contribution in [0.4, 0.5) is 16.2 Å². The van der Waals surface area contributed by atoms with Crippen molar-refractivity contribution >= 4 is 17.4 Å². The minimum atomic E-state index is -0.304. The Balaban J connectivity index is 0.000000412. The number of imidazole rings is 1. The number of amides is 2. The number of nitrogens with zero attached hydrogens (tertiary/aromatic N) is 3. The van der Waals surface area contributed by atoms with Gasteiger partial charge in [-0.2, -0.15) is 0 Å². The van der Waals surface area contributed by atoms with E-state index in [4.69, 9.17) is 0 Å². The van der Waals surface area contributed by atoms with Crippen molar-refractivity contribution in [1.82, 2.24) is 19.9 Å². The molecule has 0 saturated carbocycles. The number of carbonyl (C=O) groups excluding carboxylic acids is 1. The van der Waals surface area contributed by atoms with Crippen molar-refractivity contribution in [2.24, 2.45) is 0 Å². The summed E-state index contributed by atoms with van der Waals surface area (Å²) in [5, 5.41) is 5.49. The number of nitrogens with one attached hydrogen (secondary N) is 3. The molecule has 0 fully saturated rings. The molecule has 3 aromatic heterocycles. The molecule has 0 aliphatic carbocycles. The molecule has 0 aliphatic heterocycles. The molecule has 126 valence electrons. The highest BCUT2D eigenvalue weighted by atomic mass is 16.2. The molecular weight excluding hydrogens is 308 g/mol. The standard InChI is InChI=1S/C13H14N4O.C3H4N2.H2O/c1-9-3-5-14-7-11(9)16-13(18)17-12-8-15-6-4-10(12)2;1-2-5-3-4-1;/h3-8H,1-2H3,(H2,16,17,18);1-3H,(H,4,5);1H2. The normalized spacial score (nSPS) is 9.08. The van der Waals surface area contributed by atoms with E-state index >= 15 is 0 Å². The van der Waals surface area contributed by atoms with Crippen LogP contribution in [0.3, 0.4) is 0 Å². The molecule has 3 heterocycles. The maximum absolute atomic E-state index is 11.8. The van der Waals surface area contributed by atoms with Gasteiger partial charge in [0.2, 0.25) is 0 Å². The number of hydrogen-bond acceptors (Lipinski definition) is 4. The maximum Gasteiger partial charge on any atom is 0.323 e. The lowest BCUT2D eigenvalue weighted by atomic mass is 10.2. The number of rotatable bonds is 2. The zero-order chi connectivity index (χ0) is 16.5. The second kappa shape index (κ2) is 9.70. The molecule has 8 heteroatoms. The van der Waals surface area contributed by atoms with Gasteiger partial charge in [0.1, 0.15) is 0 Å². The minimum Gasteiger partial charge on any atom is -0.412 e.